The van der Waals surface area contributed by atoms with Gasteiger partial charge in [0.25, 0.3) is 0 Å². The largest absolute Gasteiger partial charge is 0.462 e. The van der Waals surface area contributed by atoms with Crippen LogP contribution in [0.2, 0.25) is 0 Å². The topological polar surface area (TPSA) is 78.9 Å². The standard InChI is InChI=1S/C57H106O6/c1-4-7-10-13-16-19-22-25-28-29-30-33-35-38-41-44-47-50-56(59)62-53-54(63-57(60)51-48-45-42-39-36-32-27-24-21-18-15-12-9-6-3)52-61-55(58)49-46-43-40-37-34-31-26-23-20-17-14-11-8-5-2/h24-25,27-28,54H,4-23,26,29-53H2,1-3H3/b27-24-,28-25-/t54-/m1/s1. The first-order chi connectivity index (χ1) is 31.0. The molecular formula is C57H106O6. The first kappa shape index (κ1) is 60.9. The third-order valence-electron chi connectivity index (χ3n) is 12.4. The van der Waals surface area contributed by atoms with Gasteiger partial charge in [0.1, 0.15) is 13.2 Å². The number of hydrogen-bond acceptors (Lipinski definition) is 6. The summed E-state index contributed by atoms with van der Waals surface area (Å²) >= 11 is 0. The van der Waals surface area contributed by atoms with Crippen LogP contribution in [-0.4, -0.2) is 37.2 Å². The van der Waals surface area contributed by atoms with E-state index in [2.05, 4.69) is 45.1 Å². The quantitative estimate of drug-likeness (QED) is 0.0262. The van der Waals surface area contributed by atoms with Gasteiger partial charge in [-0.1, -0.05) is 238 Å². The van der Waals surface area contributed by atoms with E-state index in [1.54, 1.807) is 0 Å². The molecule has 0 aliphatic carbocycles. The maximum atomic E-state index is 12.8. The molecule has 0 N–H and O–H groups in total. The third-order valence-corrected chi connectivity index (χ3v) is 12.4. The first-order valence-corrected chi connectivity index (χ1v) is 27.8. The van der Waals surface area contributed by atoms with Crippen LogP contribution in [0.15, 0.2) is 24.3 Å². The van der Waals surface area contributed by atoms with Crippen LogP contribution in [0.3, 0.4) is 0 Å². The summed E-state index contributed by atoms with van der Waals surface area (Å²) in [5, 5.41) is 0. The van der Waals surface area contributed by atoms with Crippen LogP contribution in [0.5, 0.6) is 0 Å². The van der Waals surface area contributed by atoms with Crippen LogP contribution in [0.1, 0.15) is 303 Å². The molecule has 0 fully saturated rings. The maximum absolute atomic E-state index is 12.8. The van der Waals surface area contributed by atoms with Gasteiger partial charge in [-0.05, 0) is 70.6 Å². The molecule has 0 heterocycles. The monoisotopic (exact) mass is 887 g/mol. The zero-order valence-corrected chi connectivity index (χ0v) is 42.4. The number of carbonyl (C=O) groups excluding carboxylic acids is 3. The molecule has 6 heteroatoms. The van der Waals surface area contributed by atoms with Crippen LogP contribution < -0.4 is 0 Å². The molecule has 0 aromatic heterocycles. The molecule has 6 nitrogen and oxygen atoms in total. The van der Waals surface area contributed by atoms with Gasteiger partial charge in [0.05, 0.1) is 0 Å². The molecule has 0 rings (SSSR count). The lowest BCUT2D eigenvalue weighted by molar-refractivity contribution is -0.167. The fourth-order valence-corrected chi connectivity index (χ4v) is 8.20. The van der Waals surface area contributed by atoms with Crippen molar-refractivity contribution in [1.29, 1.82) is 0 Å². The van der Waals surface area contributed by atoms with E-state index in [4.69, 9.17) is 14.2 Å². The molecular weight excluding hydrogens is 781 g/mol. The number of esters is 3. The Bertz CT molecular complexity index is 1020. The van der Waals surface area contributed by atoms with Gasteiger partial charge in [-0.25, -0.2) is 0 Å². The van der Waals surface area contributed by atoms with E-state index < -0.39 is 6.10 Å². The number of carbonyl (C=O) groups is 3. The summed E-state index contributed by atoms with van der Waals surface area (Å²) in [6, 6.07) is 0. The Hall–Kier alpha value is -2.11. The molecule has 0 spiro atoms. The molecule has 0 amide bonds. The molecule has 0 bridgehead atoms. The summed E-state index contributed by atoms with van der Waals surface area (Å²) in [4.78, 5) is 38.1. The van der Waals surface area contributed by atoms with E-state index in [0.717, 1.165) is 64.2 Å². The number of rotatable bonds is 51. The molecule has 0 saturated heterocycles. The van der Waals surface area contributed by atoms with Crippen molar-refractivity contribution in [1.82, 2.24) is 0 Å². The fourth-order valence-electron chi connectivity index (χ4n) is 8.20. The van der Waals surface area contributed by atoms with E-state index in [1.807, 2.05) is 0 Å². The van der Waals surface area contributed by atoms with Crippen molar-refractivity contribution in [3.05, 3.63) is 24.3 Å². The minimum absolute atomic E-state index is 0.0718. The van der Waals surface area contributed by atoms with Crippen LogP contribution in [0.25, 0.3) is 0 Å². The highest BCUT2D eigenvalue weighted by Gasteiger charge is 2.19. The van der Waals surface area contributed by atoms with E-state index in [1.165, 1.54) is 199 Å². The zero-order chi connectivity index (χ0) is 45.8. The second-order valence-corrected chi connectivity index (χ2v) is 18.8. The Kier molecular flexibility index (Phi) is 50.8. The maximum Gasteiger partial charge on any atom is 0.306 e. The molecule has 0 unspecified atom stereocenters. The molecule has 0 saturated carbocycles. The van der Waals surface area contributed by atoms with Crippen molar-refractivity contribution in [2.24, 2.45) is 0 Å². The van der Waals surface area contributed by atoms with Crippen molar-refractivity contribution in [3.63, 3.8) is 0 Å². The van der Waals surface area contributed by atoms with Crippen molar-refractivity contribution >= 4 is 17.9 Å². The Morgan fingerprint density at radius 1 is 0.302 bits per heavy atom. The van der Waals surface area contributed by atoms with Gasteiger partial charge >= 0.3 is 17.9 Å². The van der Waals surface area contributed by atoms with Gasteiger partial charge in [0.15, 0.2) is 6.10 Å². The van der Waals surface area contributed by atoms with E-state index in [-0.39, 0.29) is 31.1 Å². The molecule has 0 radical (unpaired) electrons. The summed E-state index contributed by atoms with van der Waals surface area (Å²) in [5.74, 6) is -0.868. The highest BCUT2D eigenvalue weighted by molar-refractivity contribution is 5.71. The van der Waals surface area contributed by atoms with Gasteiger partial charge in [0, 0.05) is 19.3 Å². The predicted molar refractivity (Wildman–Crippen MR) is 270 cm³/mol. The zero-order valence-electron chi connectivity index (χ0n) is 42.4. The van der Waals surface area contributed by atoms with Crippen molar-refractivity contribution in [2.45, 2.75) is 309 Å². The average molecular weight is 887 g/mol. The number of unbranched alkanes of at least 4 members (excludes halogenated alkanes) is 36. The summed E-state index contributed by atoms with van der Waals surface area (Å²) in [5.41, 5.74) is 0. The predicted octanol–water partition coefficient (Wildman–Crippen LogP) is 18.3. The molecule has 0 aromatic rings. The lowest BCUT2D eigenvalue weighted by Crippen LogP contribution is -2.30. The summed E-state index contributed by atoms with van der Waals surface area (Å²) in [6.45, 7) is 6.65. The average Bonchev–Trinajstić information content (AvgIpc) is 3.28. The van der Waals surface area contributed by atoms with Crippen LogP contribution >= 0.6 is 0 Å². The molecule has 370 valence electrons. The molecule has 63 heavy (non-hydrogen) atoms. The Morgan fingerprint density at radius 3 is 0.794 bits per heavy atom. The van der Waals surface area contributed by atoms with Gasteiger partial charge in [-0.15, -0.1) is 0 Å². The third kappa shape index (κ3) is 50.7. The molecule has 0 aliphatic rings. The van der Waals surface area contributed by atoms with E-state index >= 15 is 0 Å². The van der Waals surface area contributed by atoms with Crippen molar-refractivity contribution in [2.75, 3.05) is 13.2 Å². The van der Waals surface area contributed by atoms with Gasteiger partial charge in [-0.2, -0.15) is 0 Å². The van der Waals surface area contributed by atoms with Crippen molar-refractivity contribution < 1.29 is 28.6 Å². The normalized spacial score (nSPS) is 12.1. The Morgan fingerprint density at radius 2 is 0.524 bits per heavy atom. The highest BCUT2D eigenvalue weighted by atomic mass is 16.6. The summed E-state index contributed by atoms with van der Waals surface area (Å²) in [6.07, 6.45) is 60.2. The number of hydrogen-bond donors (Lipinski definition) is 0. The second-order valence-electron chi connectivity index (χ2n) is 18.8. The molecule has 0 aromatic carbocycles. The van der Waals surface area contributed by atoms with Gasteiger partial charge in [0.2, 0.25) is 0 Å². The highest BCUT2D eigenvalue weighted by Crippen LogP contribution is 2.16. The molecule has 0 aliphatic heterocycles. The number of allylic oxidation sites excluding steroid dienone is 4. The van der Waals surface area contributed by atoms with Crippen LogP contribution in [0, 0.1) is 0 Å². The lowest BCUT2D eigenvalue weighted by Gasteiger charge is -2.18. The number of ether oxygens (including phenoxy) is 3. The van der Waals surface area contributed by atoms with Crippen LogP contribution in [0.4, 0.5) is 0 Å². The Balaban J connectivity index is 4.34. The smallest absolute Gasteiger partial charge is 0.306 e. The first-order valence-electron chi connectivity index (χ1n) is 27.8. The lowest BCUT2D eigenvalue weighted by atomic mass is 10.0. The Labute approximate surface area is 392 Å². The van der Waals surface area contributed by atoms with Gasteiger partial charge in [-0.3, -0.25) is 14.4 Å². The van der Waals surface area contributed by atoms with Crippen LogP contribution in [-0.2, 0) is 28.6 Å². The summed E-state index contributed by atoms with van der Waals surface area (Å²) in [7, 11) is 0. The van der Waals surface area contributed by atoms with E-state index in [9.17, 15) is 14.4 Å². The fraction of sp³-hybridized carbons (Fsp3) is 0.877. The minimum atomic E-state index is -0.773. The van der Waals surface area contributed by atoms with Gasteiger partial charge < -0.3 is 14.2 Å². The second kappa shape index (κ2) is 52.5. The van der Waals surface area contributed by atoms with E-state index in [0.29, 0.717) is 19.3 Å². The van der Waals surface area contributed by atoms with Crippen molar-refractivity contribution in [3.8, 4) is 0 Å². The SMILES string of the molecule is CCCCCCC/C=C\CCCCCCCC(=O)O[C@@H](COC(=O)CCCCCCCCC/C=C\CCCCCCCC)COC(=O)CCCCCCCCCCCCCCCC. The molecule has 1 atom stereocenters. The minimum Gasteiger partial charge on any atom is -0.462 e. The summed E-state index contributed by atoms with van der Waals surface area (Å²) < 4.78 is 16.8.